The van der Waals surface area contributed by atoms with Crippen LogP contribution in [0.15, 0.2) is 0 Å². The molecular formula is C10H20O. The first-order valence-corrected chi connectivity index (χ1v) is 4.84. The Morgan fingerprint density at radius 3 is 2.09 bits per heavy atom. The summed E-state index contributed by atoms with van der Waals surface area (Å²) in [6, 6.07) is 0. The lowest BCUT2D eigenvalue weighted by Gasteiger charge is -2.30. The second-order valence-corrected chi connectivity index (χ2v) is 3.99. The zero-order valence-corrected chi connectivity index (χ0v) is 7.97. The highest BCUT2D eigenvalue weighted by Gasteiger charge is 2.23. The van der Waals surface area contributed by atoms with E-state index >= 15 is 0 Å². The lowest BCUT2D eigenvalue weighted by atomic mass is 9.82. The van der Waals surface area contributed by atoms with Gasteiger partial charge in [0, 0.05) is 6.61 Å². The van der Waals surface area contributed by atoms with E-state index < -0.39 is 0 Å². The quantitative estimate of drug-likeness (QED) is 0.597. The van der Waals surface area contributed by atoms with Crippen LogP contribution in [0.1, 0.15) is 40.0 Å². The van der Waals surface area contributed by atoms with E-state index in [1.165, 1.54) is 19.3 Å². The van der Waals surface area contributed by atoms with E-state index in [1.54, 1.807) is 0 Å². The van der Waals surface area contributed by atoms with Crippen molar-refractivity contribution >= 4 is 0 Å². The lowest BCUT2D eigenvalue weighted by molar-refractivity contribution is 0.00783. The normalized spacial score (nSPS) is 39.0. The van der Waals surface area contributed by atoms with Gasteiger partial charge in [0.25, 0.3) is 0 Å². The third-order valence-electron chi connectivity index (χ3n) is 2.54. The molecule has 0 N–H and O–H groups in total. The van der Waals surface area contributed by atoms with E-state index in [0.717, 1.165) is 18.4 Å². The van der Waals surface area contributed by atoms with Crippen LogP contribution in [0.25, 0.3) is 0 Å². The predicted molar refractivity (Wildman–Crippen MR) is 47.6 cm³/mol. The van der Waals surface area contributed by atoms with Gasteiger partial charge in [0.1, 0.15) is 0 Å². The van der Waals surface area contributed by atoms with Crippen molar-refractivity contribution in [1.29, 1.82) is 0 Å². The molecule has 0 aromatic heterocycles. The average Bonchev–Trinajstić information content (AvgIpc) is 1.85. The molecule has 1 aliphatic rings. The first kappa shape index (κ1) is 9.05. The van der Waals surface area contributed by atoms with E-state index in [0.29, 0.717) is 6.10 Å². The van der Waals surface area contributed by atoms with Crippen LogP contribution in [0.2, 0.25) is 0 Å². The molecule has 0 amide bonds. The van der Waals surface area contributed by atoms with Gasteiger partial charge in [-0.05, 0) is 38.0 Å². The molecule has 1 fully saturated rings. The first-order chi connectivity index (χ1) is 5.22. The predicted octanol–water partition coefficient (Wildman–Crippen LogP) is 2.85. The smallest absolute Gasteiger partial charge is 0.0580 e. The summed E-state index contributed by atoms with van der Waals surface area (Å²) >= 11 is 0. The monoisotopic (exact) mass is 156 g/mol. The topological polar surface area (TPSA) is 9.23 Å². The Hall–Kier alpha value is -0.0400. The molecule has 1 aliphatic carbocycles. The highest BCUT2D eigenvalue weighted by molar-refractivity contribution is 4.74. The molecule has 0 spiro atoms. The standard InChI is InChI=1S/C10H20O/c1-4-11-10-6-8(2)5-9(3)7-10/h8-10H,4-7H2,1-3H3. The molecule has 66 valence electrons. The summed E-state index contributed by atoms with van der Waals surface area (Å²) in [5.74, 6) is 1.74. The Labute approximate surface area is 70.1 Å². The highest BCUT2D eigenvalue weighted by Crippen LogP contribution is 2.29. The fourth-order valence-electron chi connectivity index (χ4n) is 2.24. The third kappa shape index (κ3) is 2.82. The first-order valence-electron chi connectivity index (χ1n) is 4.84. The summed E-state index contributed by atoms with van der Waals surface area (Å²) in [6.45, 7) is 7.64. The van der Waals surface area contributed by atoms with Gasteiger partial charge in [-0.1, -0.05) is 13.8 Å². The largest absolute Gasteiger partial charge is 0.378 e. The maximum absolute atomic E-state index is 5.62. The van der Waals surface area contributed by atoms with E-state index in [1.807, 2.05) is 0 Å². The summed E-state index contributed by atoms with van der Waals surface area (Å²) < 4.78 is 5.62. The third-order valence-corrected chi connectivity index (χ3v) is 2.54. The van der Waals surface area contributed by atoms with Crippen LogP contribution < -0.4 is 0 Å². The molecule has 1 nitrogen and oxygen atoms in total. The van der Waals surface area contributed by atoms with Crippen molar-refractivity contribution in [2.75, 3.05) is 6.61 Å². The number of hydrogen-bond donors (Lipinski definition) is 0. The molecule has 0 saturated heterocycles. The van der Waals surface area contributed by atoms with Gasteiger partial charge < -0.3 is 4.74 Å². The molecule has 1 heteroatoms. The minimum Gasteiger partial charge on any atom is -0.378 e. The minimum absolute atomic E-state index is 0.554. The maximum Gasteiger partial charge on any atom is 0.0580 e. The van der Waals surface area contributed by atoms with Crippen molar-refractivity contribution in [3.63, 3.8) is 0 Å². The SMILES string of the molecule is CCOC1CC(C)CC(C)C1. The van der Waals surface area contributed by atoms with Crippen molar-refractivity contribution in [2.24, 2.45) is 11.8 Å². The summed E-state index contributed by atoms with van der Waals surface area (Å²) in [5, 5.41) is 0. The van der Waals surface area contributed by atoms with Gasteiger partial charge >= 0.3 is 0 Å². The van der Waals surface area contributed by atoms with Crippen molar-refractivity contribution in [3.05, 3.63) is 0 Å². The summed E-state index contributed by atoms with van der Waals surface area (Å²) in [6.07, 6.45) is 4.50. The number of ether oxygens (including phenoxy) is 1. The fraction of sp³-hybridized carbons (Fsp3) is 1.00. The van der Waals surface area contributed by atoms with Crippen LogP contribution in [-0.4, -0.2) is 12.7 Å². The molecule has 0 heterocycles. The molecule has 0 bridgehead atoms. The Balaban J connectivity index is 2.30. The zero-order chi connectivity index (χ0) is 8.27. The van der Waals surface area contributed by atoms with Crippen molar-refractivity contribution in [2.45, 2.75) is 46.1 Å². The Kier molecular flexibility index (Phi) is 3.38. The second-order valence-electron chi connectivity index (χ2n) is 3.99. The van der Waals surface area contributed by atoms with E-state index in [4.69, 9.17) is 4.74 Å². The molecule has 2 unspecified atom stereocenters. The molecule has 0 aliphatic heterocycles. The highest BCUT2D eigenvalue weighted by atomic mass is 16.5. The molecule has 11 heavy (non-hydrogen) atoms. The average molecular weight is 156 g/mol. The van der Waals surface area contributed by atoms with Crippen LogP contribution in [0.5, 0.6) is 0 Å². The maximum atomic E-state index is 5.62. The molecule has 1 saturated carbocycles. The van der Waals surface area contributed by atoms with Gasteiger partial charge in [0.15, 0.2) is 0 Å². The molecule has 0 aromatic carbocycles. The summed E-state index contributed by atoms with van der Waals surface area (Å²) in [4.78, 5) is 0. The van der Waals surface area contributed by atoms with Crippen LogP contribution in [0.4, 0.5) is 0 Å². The summed E-state index contributed by atoms with van der Waals surface area (Å²) in [5.41, 5.74) is 0. The van der Waals surface area contributed by atoms with Gasteiger partial charge in [0.05, 0.1) is 6.10 Å². The van der Waals surface area contributed by atoms with Gasteiger partial charge in [-0.3, -0.25) is 0 Å². The van der Waals surface area contributed by atoms with Gasteiger partial charge in [0.2, 0.25) is 0 Å². The second kappa shape index (κ2) is 4.10. The van der Waals surface area contributed by atoms with E-state index in [9.17, 15) is 0 Å². The van der Waals surface area contributed by atoms with Crippen molar-refractivity contribution < 1.29 is 4.74 Å². The van der Waals surface area contributed by atoms with Gasteiger partial charge in [-0.2, -0.15) is 0 Å². The Morgan fingerprint density at radius 2 is 1.64 bits per heavy atom. The van der Waals surface area contributed by atoms with Gasteiger partial charge in [-0.15, -0.1) is 0 Å². The molecule has 0 aromatic rings. The lowest BCUT2D eigenvalue weighted by Crippen LogP contribution is -2.26. The fourth-order valence-corrected chi connectivity index (χ4v) is 2.24. The molecule has 2 atom stereocenters. The zero-order valence-electron chi connectivity index (χ0n) is 7.97. The van der Waals surface area contributed by atoms with Crippen LogP contribution >= 0.6 is 0 Å². The Bertz CT molecular complexity index is 101. The van der Waals surface area contributed by atoms with Crippen molar-refractivity contribution in [3.8, 4) is 0 Å². The molecule has 1 rings (SSSR count). The molecular weight excluding hydrogens is 136 g/mol. The van der Waals surface area contributed by atoms with E-state index in [2.05, 4.69) is 20.8 Å². The number of hydrogen-bond acceptors (Lipinski definition) is 1. The van der Waals surface area contributed by atoms with Crippen LogP contribution in [0.3, 0.4) is 0 Å². The van der Waals surface area contributed by atoms with Crippen LogP contribution in [-0.2, 0) is 4.74 Å². The summed E-state index contributed by atoms with van der Waals surface area (Å²) in [7, 11) is 0. The number of rotatable bonds is 2. The van der Waals surface area contributed by atoms with Crippen LogP contribution in [0, 0.1) is 11.8 Å². The van der Waals surface area contributed by atoms with E-state index in [-0.39, 0.29) is 0 Å². The van der Waals surface area contributed by atoms with Crippen molar-refractivity contribution in [1.82, 2.24) is 0 Å². The van der Waals surface area contributed by atoms with Gasteiger partial charge in [-0.25, -0.2) is 0 Å². The minimum atomic E-state index is 0.554. The Morgan fingerprint density at radius 1 is 1.09 bits per heavy atom. The molecule has 0 radical (unpaired) electrons.